The largest absolute Gasteiger partial charge is 0.383 e. The zero-order valence-corrected chi connectivity index (χ0v) is 13.6. The molecule has 124 valence electrons. The first-order chi connectivity index (χ1) is 11.2. The zero-order chi connectivity index (χ0) is 16.5. The predicted molar refractivity (Wildman–Crippen MR) is 86.0 cm³/mol. The van der Waals surface area contributed by atoms with Gasteiger partial charge in [0.05, 0.1) is 6.61 Å². The van der Waals surface area contributed by atoms with Crippen molar-refractivity contribution in [1.82, 2.24) is 30.8 Å². The minimum absolute atomic E-state index is 0.0264. The average molecular weight is 339 g/mol. The van der Waals surface area contributed by atoms with E-state index in [-0.39, 0.29) is 12.5 Å². The Hall–Kier alpha value is -2.03. The number of rotatable bonds is 9. The maximum atomic E-state index is 11.8. The minimum Gasteiger partial charge on any atom is -0.383 e. The quantitative estimate of drug-likeness (QED) is 0.641. The lowest BCUT2D eigenvalue weighted by molar-refractivity contribution is -0.122. The molecule has 0 saturated heterocycles. The van der Waals surface area contributed by atoms with Crippen LogP contribution in [0, 0.1) is 0 Å². The van der Waals surface area contributed by atoms with Crippen LogP contribution >= 0.6 is 11.6 Å². The number of tetrazole rings is 1. The van der Waals surface area contributed by atoms with Crippen molar-refractivity contribution in [3.63, 3.8) is 0 Å². The van der Waals surface area contributed by atoms with Crippen molar-refractivity contribution in [1.29, 1.82) is 0 Å². The predicted octanol–water partition coefficient (Wildman–Crippen LogP) is 0.346. The van der Waals surface area contributed by atoms with Crippen LogP contribution in [0.3, 0.4) is 0 Å². The number of nitrogens with zero attached hydrogens (tertiary/aromatic N) is 4. The highest BCUT2D eigenvalue weighted by atomic mass is 35.5. The Morgan fingerprint density at radius 3 is 2.78 bits per heavy atom. The Labute approximate surface area is 139 Å². The van der Waals surface area contributed by atoms with E-state index >= 15 is 0 Å². The van der Waals surface area contributed by atoms with Crippen LogP contribution in [0.4, 0.5) is 0 Å². The summed E-state index contributed by atoms with van der Waals surface area (Å²) < 4.78 is 4.91. The molecule has 0 aliphatic heterocycles. The maximum absolute atomic E-state index is 11.8. The Bertz CT molecular complexity index is 616. The van der Waals surface area contributed by atoms with Gasteiger partial charge in [0.25, 0.3) is 0 Å². The number of ether oxygens (including phenoxy) is 1. The summed E-state index contributed by atoms with van der Waals surface area (Å²) in [6, 6.07) is 7.10. The van der Waals surface area contributed by atoms with Crippen LogP contribution in [0.5, 0.6) is 0 Å². The minimum atomic E-state index is -0.168. The lowest BCUT2D eigenvalue weighted by Crippen LogP contribution is -2.35. The van der Waals surface area contributed by atoms with Crippen LogP contribution in [-0.2, 0) is 16.1 Å². The van der Waals surface area contributed by atoms with Crippen molar-refractivity contribution in [2.24, 2.45) is 0 Å². The third kappa shape index (κ3) is 5.93. The molecule has 0 bridgehead atoms. The van der Waals surface area contributed by atoms with Crippen LogP contribution in [0.2, 0.25) is 5.02 Å². The molecule has 2 aromatic rings. The molecule has 0 saturated carbocycles. The zero-order valence-electron chi connectivity index (χ0n) is 12.8. The first kappa shape index (κ1) is 17.3. The van der Waals surface area contributed by atoms with Gasteiger partial charge in [-0.15, -0.1) is 10.2 Å². The van der Waals surface area contributed by atoms with Gasteiger partial charge in [-0.05, 0) is 29.5 Å². The van der Waals surface area contributed by atoms with Gasteiger partial charge in [-0.25, -0.2) is 0 Å². The standard InChI is InChI=1S/C14H19ClN6O2/c1-23-9-8-16-6-7-17-13(22)10-21-19-14(18-20-21)11-2-4-12(15)5-3-11/h2-5,16H,6-10H2,1H3,(H,17,22). The van der Waals surface area contributed by atoms with Crippen molar-refractivity contribution in [2.75, 3.05) is 33.4 Å². The SMILES string of the molecule is COCCNCCNC(=O)Cn1nnc(-c2ccc(Cl)cc2)n1. The molecule has 0 aliphatic rings. The molecule has 0 spiro atoms. The highest BCUT2D eigenvalue weighted by molar-refractivity contribution is 6.30. The monoisotopic (exact) mass is 338 g/mol. The van der Waals surface area contributed by atoms with Gasteiger partial charge in [0.15, 0.2) is 0 Å². The second kappa shape index (κ2) is 9.19. The summed E-state index contributed by atoms with van der Waals surface area (Å²) in [5, 5.41) is 18.5. The van der Waals surface area contributed by atoms with Crippen LogP contribution in [0.1, 0.15) is 0 Å². The van der Waals surface area contributed by atoms with E-state index in [0.29, 0.717) is 30.5 Å². The molecule has 8 nitrogen and oxygen atoms in total. The van der Waals surface area contributed by atoms with Crippen LogP contribution in [-0.4, -0.2) is 59.5 Å². The van der Waals surface area contributed by atoms with E-state index < -0.39 is 0 Å². The van der Waals surface area contributed by atoms with Gasteiger partial charge in [0.2, 0.25) is 11.7 Å². The molecule has 23 heavy (non-hydrogen) atoms. The van der Waals surface area contributed by atoms with Gasteiger partial charge in [0, 0.05) is 37.3 Å². The van der Waals surface area contributed by atoms with Crippen molar-refractivity contribution in [3.05, 3.63) is 29.3 Å². The van der Waals surface area contributed by atoms with E-state index in [1.54, 1.807) is 31.4 Å². The van der Waals surface area contributed by atoms with Crippen LogP contribution in [0.25, 0.3) is 11.4 Å². The number of aromatic nitrogens is 4. The Kier molecular flexibility index (Phi) is 6.92. The number of carbonyl (C=O) groups excluding carboxylic acids is 1. The molecular formula is C14H19ClN6O2. The summed E-state index contributed by atoms with van der Waals surface area (Å²) in [7, 11) is 1.65. The lowest BCUT2D eigenvalue weighted by atomic mass is 10.2. The first-order valence-corrected chi connectivity index (χ1v) is 7.57. The highest BCUT2D eigenvalue weighted by Gasteiger charge is 2.08. The Morgan fingerprint density at radius 1 is 1.26 bits per heavy atom. The molecule has 1 amide bonds. The van der Waals surface area contributed by atoms with E-state index in [4.69, 9.17) is 16.3 Å². The summed E-state index contributed by atoms with van der Waals surface area (Å²) in [6.07, 6.45) is 0. The molecule has 0 radical (unpaired) electrons. The van der Waals surface area contributed by atoms with Gasteiger partial charge in [-0.3, -0.25) is 4.79 Å². The van der Waals surface area contributed by atoms with Crippen molar-refractivity contribution in [2.45, 2.75) is 6.54 Å². The number of methoxy groups -OCH3 is 1. The number of carbonyl (C=O) groups is 1. The summed E-state index contributed by atoms with van der Waals surface area (Å²) in [5.41, 5.74) is 0.795. The third-order valence-corrected chi connectivity index (χ3v) is 3.20. The van der Waals surface area contributed by atoms with E-state index in [1.807, 2.05) is 0 Å². The average Bonchev–Trinajstić information content (AvgIpc) is 3.00. The molecule has 2 N–H and O–H groups in total. The van der Waals surface area contributed by atoms with Gasteiger partial charge >= 0.3 is 0 Å². The molecule has 0 fully saturated rings. The fourth-order valence-electron chi connectivity index (χ4n) is 1.80. The molecule has 0 unspecified atom stereocenters. The van der Waals surface area contributed by atoms with E-state index in [2.05, 4.69) is 26.0 Å². The second-order valence-corrected chi connectivity index (χ2v) is 5.18. The lowest BCUT2D eigenvalue weighted by Gasteiger charge is -2.05. The first-order valence-electron chi connectivity index (χ1n) is 7.19. The van der Waals surface area contributed by atoms with Crippen molar-refractivity contribution in [3.8, 4) is 11.4 Å². The maximum Gasteiger partial charge on any atom is 0.243 e. The van der Waals surface area contributed by atoms with Gasteiger partial charge < -0.3 is 15.4 Å². The second-order valence-electron chi connectivity index (χ2n) is 4.74. The van der Waals surface area contributed by atoms with E-state index in [0.717, 1.165) is 12.1 Å². The summed E-state index contributed by atoms with van der Waals surface area (Å²) in [5.74, 6) is 0.286. The Balaban J connectivity index is 1.75. The van der Waals surface area contributed by atoms with Gasteiger partial charge in [0.1, 0.15) is 6.54 Å². The highest BCUT2D eigenvalue weighted by Crippen LogP contribution is 2.16. The van der Waals surface area contributed by atoms with Crippen LogP contribution < -0.4 is 10.6 Å². The molecule has 2 rings (SSSR count). The Morgan fingerprint density at radius 2 is 2.04 bits per heavy atom. The molecule has 1 aromatic carbocycles. The van der Waals surface area contributed by atoms with Crippen LogP contribution in [0.15, 0.2) is 24.3 Å². The summed E-state index contributed by atoms with van der Waals surface area (Å²) in [4.78, 5) is 13.0. The molecule has 0 aliphatic carbocycles. The molecular weight excluding hydrogens is 320 g/mol. The van der Waals surface area contributed by atoms with Crippen molar-refractivity contribution < 1.29 is 9.53 Å². The number of benzene rings is 1. The topological polar surface area (TPSA) is 94.0 Å². The number of hydrogen-bond donors (Lipinski definition) is 2. The fourth-order valence-corrected chi connectivity index (χ4v) is 1.92. The number of halogens is 1. The number of amides is 1. The normalized spacial score (nSPS) is 10.7. The molecule has 9 heteroatoms. The number of hydrogen-bond acceptors (Lipinski definition) is 6. The fraction of sp³-hybridized carbons (Fsp3) is 0.429. The smallest absolute Gasteiger partial charge is 0.243 e. The molecule has 1 heterocycles. The molecule has 0 atom stereocenters. The van der Waals surface area contributed by atoms with Gasteiger partial charge in [-0.1, -0.05) is 11.6 Å². The number of nitrogens with one attached hydrogen (secondary N) is 2. The van der Waals surface area contributed by atoms with Crippen molar-refractivity contribution >= 4 is 17.5 Å². The van der Waals surface area contributed by atoms with Gasteiger partial charge in [-0.2, -0.15) is 4.80 Å². The summed E-state index contributed by atoms with van der Waals surface area (Å²) in [6.45, 7) is 2.63. The van der Waals surface area contributed by atoms with E-state index in [9.17, 15) is 4.79 Å². The third-order valence-electron chi connectivity index (χ3n) is 2.95. The molecule has 1 aromatic heterocycles. The van der Waals surface area contributed by atoms with E-state index in [1.165, 1.54) is 4.80 Å². The summed E-state index contributed by atoms with van der Waals surface area (Å²) >= 11 is 5.83.